The van der Waals surface area contributed by atoms with Gasteiger partial charge in [0.25, 0.3) is 0 Å². The number of carbonyl (C=O) groups excluding carboxylic acids is 4. The van der Waals surface area contributed by atoms with E-state index in [2.05, 4.69) is 0 Å². The fraction of sp³-hybridized carbons (Fsp3) is 0.176. The zero-order chi connectivity index (χ0) is 30.9. The lowest BCUT2D eigenvalue weighted by molar-refractivity contribution is -0.153. The lowest BCUT2D eigenvalue weighted by atomic mass is 10.0. The summed E-state index contributed by atoms with van der Waals surface area (Å²) in [7, 11) is 0. The SMILES string of the molecule is O=C(OC[C@H](OC(=O)c1ccccc1)[C@H]1O[C@H](O)[C@H](OC(=O)c2ccccc2)[C@H]1OC(=O)c1ccccc1)c1ccccc1. The molecule has 1 heterocycles. The summed E-state index contributed by atoms with van der Waals surface area (Å²) in [5, 5.41) is 10.9. The highest BCUT2D eigenvalue weighted by atomic mass is 16.7. The second kappa shape index (κ2) is 14.2. The van der Waals surface area contributed by atoms with Crippen molar-refractivity contribution in [2.75, 3.05) is 6.61 Å². The van der Waals surface area contributed by atoms with E-state index in [4.69, 9.17) is 23.7 Å². The summed E-state index contributed by atoms with van der Waals surface area (Å²) >= 11 is 0. The fourth-order valence-corrected chi connectivity index (χ4v) is 4.55. The second-order valence-corrected chi connectivity index (χ2v) is 9.74. The van der Waals surface area contributed by atoms with Gasteiger partial charge in [0.15, 0.2) is 24.6 Å². The van der Waals surface area contributed by atoms with Crippen LogP contribution in [0.2, 0.25) is 0 Å². The van der Waals surface area contributed by atoms with Crippen molar-refractivity contribution in [3.8, 4) is 0 Å². The van der Waals surface area contributed by atoms with Gasteiger partial charge in [-0.2, -0.15) is 0 Å². The molecule has 1 N–H and O–H groups in total. The molecule has 0 amide bonds. The van der Waals surface area contributed by atoms with Gasteiger partial charge in [0.05, 0.1) is 22.3 Å². The van der Waals surface area contributed by atoms with Crippen molar-refractivity contribution in [2.45, 2.75) is 30.7 Å². The third-order valence-corrected chi connectivity index (χ3v) is 6.75. The number of hydrogen-bond donors (Lipinski definition) is 1. The zero-order valence-electron chi connectivity index (χ0n) is 23.3. The minimum Gasteiger partial charge on any atom is -0.458 e. The summed E-state index contributed by atoms with van der Waals surface area (Å²) in [6.45, 7) is -0.539. The minimum absolute atomic E-state index is 0.175. The van der Waals surface area contributed by atoms with Crippen LogP contribution in [0.25, 0.3) is 0 Å². The quantitative estimate of drug-likeness (QED) is 0.209. The minimum atomic E-state index is -1.79. The molecular weight excluding hydrogens is 568 g/mol. The molecule has 0 spiro atoms. The molecule has 1 aliphatic rings. The van der Waals surface area contributed by atoms with Crippen LogP contribution in [0.3, 0.4) is 0 Å². The molecule has 4 aromatic carbocycles. The van der Waals surface area contributed by atoms with E-state index < -0.39 is 61.2 Å². The summed E-state index contributed by atoms with van der Waals surface area (Å²) in [6, 6.07) is 32.2. The lowest BCUT2D eigenvalue weighted by Crippen LogP contribution is -2.47. The molecule has 0 aliphatic carbocycles. The normalized spacial score (nSPS) is 19.8. The molecule has 10 heteroatoms. The fourth-order valence-electron chi connectivity index (χ4n) is 4.55. The van der Waals surface area contributed by atoms with Crippen LogP contribution in [0.15, 0.2) is 121 Å². The maximum absolute atomic E-state index is 13.2. The lowest BCUT2D eigenvalue weighted by Gasteiger charge is -2.28. The number of benzene rings is 4. The molecule has 0 radical (unpaired) electrons. The Hall–Kier alpha value is -5.32. The van der Waals surface area contributed by atoms with Crippen LogP contribution < -0.4 is 0 Å². The third kappa shape index (κ3) is 7.35. The number of carbonyl (C=O) groups is 4. The Morgan fingerprint density at radius 2 is 0.955 bits per heavy atom. The summed E-state index contributed by atoms with van der Waals surface area (Å²) in [5.74, 6) is -3.13. The van der Waals surface area contributed by atoms with Gasteiger partial charge in [0.1, 0.15) is 12.7 Å². The summed E-state index contributed by atoms with van der Waals surface area (Å²) in [6.07, 6.45) is -7.61. The first-order valence-corrected chi connectivity index (χ1v) is 13.7. The molecule has 0 bridgehead atoms. The number of esters is 4. The van der Waals surface area contributed by atoms with Crippen molar-refractivity contribution in [1.29, 1.82) is 0 Å². The molecule has 5 atom stereocenters. The van der Waals surface area contributed by atoms with Gasteiger partial charge < -0.3 is 28.8 Å². The largest absolute Gasteiger partial charge is 0.458 e. The van der Waals surface area contributed by atoms with Crippen LogP contribution in [0, 0.1) is 0 Å². The highest BCUT2D eigenvalue weighted by Gasteiger charge is 2.53. The molecule has 44 heavy (non-hydrogen) atoms. The molecule has 10 nitrogen and oxygen atoms in total. The van der Waals surface area contributed by atoms with Crippen molar-refractivity contribution >= 4 is 23.9 Å². The predicted octanol–water partition coefficient (Wildman–Crippen LogP) is 4.24. The number of ether oxygens (including phenoxy) is 5. The van der Waals surface area contributed by atoms with E-state index in [1.165, 1.54) is 36.4 Å². The molecule has 1 aliphatic heterocycles. The highest BCUT2D eigenvalue weighted by molar-refractivity contribution is 5.91. The van der Waals surface area contributed by atoms with Crippen molar-refractivity contribution in [1.82, 2.24) is 0 Å². The Balaban J connectivity index is 1.45. The second-order valence-electron chi connectivity index (χ2n) is 9.74. The Morgan fingerprint density at radius 3 is 1.41 bits per heavy atom. The van der Waals surface area contributed by atoms with E-state index >= 15 is 0 Å². The van der Waals surface area contributed by atoms with Gasteiger partial charge in [-0.1, -0.05) is 72.8 Å². The van der Waals surface area contributed by atoms with Crippen molar-refractivity contribution in [2.24, 2.45) is 0 Å². The van der Waals surface area contributed by atoms with Gasteiger partial charge in [-0.25, -0.2) is 19.2 Å². The van der Waals surface area contributed by atoms with E-state index in [0.29, 0.717) is 0 Å². The number of rotatable bonds is 10. The Morgan fingerprint density at radius 1 is 0.568 bits per heavy atom. The van der Waals surface area contributed by atoms with Crippen LogP contribution in [-0.2, 0) is 23.7 Å². The smallest absolute Gasteiger partial charge is 0.338 e. The molecular formula is C34H28O10. The maximum Gasteiger partial charge on any atom is 0.338 e. The predicted molar refractivity (Wildman–Crippen MR) is 155 cm³/mol. The Labute approximate surface area is 252 Å². The Bertz CT molecular complexity index is 1560. The number of hydrogen-bond acceptors (Lipinski definition) is 10. The average molecular weight is 597 g/mol. The van der Waals surface area contributed by atoms with Crippen LogP contribution >= 0.6 is 0 Å². The highest BCUT2D eigenvalue weighted by Crippen LogP contribution is 2.31. The molecule has 224 valence electrons. The van der Waals surface area contributed by atoms with Gasteiger partial charge in [-0.15, -0.1) is 0 Å². The zero-order valence-corrected chi connectivity index (χ0v) is 23.3. The summed E-state index contributed by atoms with van der Waals surface area (Å²) in [4.78, 5) is 52.1. The van der Waals surface area contributed by atoms with Crippen molar-refractivity contribution < 1.29 is 48.0 Å². The monoisotopic (exact) mass is 596 g/mol. The number of aliphatic hydroxyl groups is 1. The van der Waals surface area contributed by atoms with Crippen molar-refractivity contribution in [3.05, 3.63) is 144 Å². The topological polar surface area (TPSA) is 135 Å². The van der Waals surface area contributed by atoms with E-state index in [9.17, 15) is 24.3 Å². The van der Waals surface area contributed by atoms with Gasteiger partial charge >= 0.3 is 23.9 Å². The van der Waals surface area contributed by atoms with Gasteiger partial charge in [0, 0.05) is 0 Å². The maximum atomic E-state index is 13.2. The molecule has 0 saturated carbocycles. The standard InChI is InChI=1S/C34H28O10/c35-30(22-13-5-1-6-14-22)40-21-26(41-31(36)23-15-7-2-8-16-23)27-28(43-32(37)24-17-9-3-10-18-24)29(34(39)42-27)44-33(38)25-19-11-4-12-20-25/h1-20,26-29,34,39H,21H2/t26-,27+,28-,29+,34-/m0/s1. The first-order valence-electron chi connectivity index (χ1n) is 13.7. The van der Waals surface area contributed by atoms with Gasteiger partial charge in [-0.3, -0.25) is 0 Å². The van der Waals surface area contributed by atoms with Crippen LogP contribution in [0.1, 0.15) is 41.4 Å². The number of aliphatic hydroxyl groups excluding tert-OH is 1. The summed E-state index contributed by atoms with van der Waals surface area (Å²) < 4.78 is 28.3. The summed E-state index contributed by atoms with van der Waals surface area (Å²) in [5.41, 5.74) is 0.791. The molecule has 5 rings (SSSR count). The van der Waals surface area contributed by atoms with E-state index in [-0.39, 0.29) is 22.3 Å². The first-order chi connectivity index (χ1) is 21.4. The van der Waals surface area contributed by atoms with Crippen LogP contribution in [-0.4, -0.2) is 66.3 Å². The van der Waals surface area contributed by atoms with E-state index in [1.807, 2.05) is 0 Å². The van der Waals surface area contributed by atoms with E-state index in [0.717, 1.165) is 0 Å². The first kappa shape index (κ1) is 30.1. The van der Waals surface area contributed by atoms with Crippen LogP contribution in [0.5, 0.6) is 0 Å². The molecule has 1 fully saturated rings. The van der Waals surface area contributed by atoms with Crippen LogP contribution in [0.4, 0.5) is 0 Å². The van der Waals surface area contributed by atoms with Gasteiger partial charge in [-0.05, 0) is 48.5 Å². The Kier molecular flexibility index (Phi) is 9.75. The average Bonchev–Trinajstić information content (AvgIpc) is 3.37. The van der Waals surface area contributed by atoms with E-state index in [1.54, 1.807) is 84.9 Å². The third-order valence-electron chi connectivity index (χ3n) is 6.75. The molecule has 1 saturated heterocycles. The van der Waals surface area contributed by atoms with Crippen molar-refractivity contribution in [3.63, 3.8) is 0 Å². The van der Waals surface area contributed by atoms with Gasteiger partial charge in [0.2, 0.25) is 0 Å². The molecule has 0 unspecified atom stereocenters. The molecule has 4 aromatic rings. The molecule has 0 aromatic heterocycles.